The molecular formula is C33H52N4O8. The van der Waals surface area contributed by atoms with Crippen LogP contribution in [0.2, 0.25) is 0 Å². The van der Waals surface area contributed by atoms with E-state index in [1.165, 1.54) is 4.90 Å². The fourth-order valence-electron chi connectivity index (χ4n) is 4.48. The van der Waals surface area contributed by atoms with E-state index in [2.05, 4.69) is 5.32 Å². The molecule has 0 fully saturated rings. The number of benzene rings is 1. The first-order valence-electron chi connectivity index (χ1n) is 15.7. The minimum atomic E-state index is -0.696. The quantitative estimate of drug-likeness (QED) is 0.163. The highest BCUT2D eigenvalue weighted by molar-refractivity contribution is 6.21. The zero-order valence-corrected chi connectivity index (χ0v) is 28.5. The molecule has 1 N–H and O–H groups in total. The van der Waals surface area contributed by atoms with Gasteiger partial charge in [0.25, 0.3) is 11.8 Å². The van der Waals surface area contributed by atoms with Gasteiger partial charge in [0.05, 0.1) is 11.1 Å². The monoisotopic (exact) mass is 632 g/mol. The summed E-state index contributed by atoms with van der Waals surface area (Å²) < 4.78 is 16.5. The van der Waals surface area contributed by atoms with Crippen LogP contribution in [-0.4, -0.2) is 101 Å². The average Bonchev–Trinajstić information content (AvgIpc) is 3.12. The third-order valence-corrected chi connectivity index (χ3v) is 6.37. The van der Waals surface area contributed by atoms with Gasteiger partial charge in [-0.15, -0.1) is 0 Å². The van der Waals surface area contributed by atoms with E-state index in [0.717, 1.165) is 0 Å². The Morgan fingerprint density at radius 3 is 1.47 bits per heavy atom. The summed E-state index contributed by atoms with van der Waals surface area (Å²) in [5.41, 5.74) is -1.19. The molecule has 2 rings (SSSR count). The maximum atomic E-state index is 13.0. The van der Waals surface area contributed by atoms with Crippen molar-refractivity contribution < 1.29 is 38.2 Å². The lowest BCUT2D eigenvalue weighted by atomic mass is 10.1. The van der Waals surface area contributed by atoms with Gasteiger partial charge in [-0.2, -0.15) is 0 Å². The van der Waals surface area contributed by atoms with Gasteiger partial charge in [0.15, 0.2) is 0 Å². The molecule has 0 radical (unpaired) electrons. The van der Waals surface area contributed by atoms with Crippen molar-refractivity contribution in [3.05, 3.63) is 35.4 Å². The van der Waals surface area contributed by atoms with Crippen molar-refractivity contribution in [1.82, 2.24) is 20.0 Å². The number of carbonyl (C=O) groups excluding carboxylic acids is 5. The van der Waals surface area contributed by atoms with Crippen molar-refractivity contribution >= 4 is 30.1 Å². The number of imide groups is 1. The molecule has 1 aromatic rings. The topological polar surface area (TPSA) is 135 Å². The van der Waals surface area contributed by atoms with E-state index in [4.69, 9.17) is 14.2 Å². The molecule has 1 heterocycles. The molecule has 5 amide bonds. The minimum absolute atomic E-state index is 0.176. The highest BCUT2D eigenvalue weighted by Gasteiger charge is 2.35. The minimum Gasteiger partial charge on any atom is -0.444 e. The Labute approximate surface area is 267 Å². The fraction of sp³-hybridized carbons (Fsp3) is 0.667. The van der Waals surface area contributed by atoms with Gasteiger partial charge >= 0.3 is 18.3 Å². The van der Waals surface area contributed by atoms with Crippen molar-refractivity contribution in [2.45, 2.75) is 105 Å². The molecule has 0 aliphatic carbocycles. The Morgan fingerprint density at radius 2 is 1.04 bits per heavy atom. The number of alkyl carbamates (subject to hydrolysis) is 1. The van der Waals surface area contributed by atoms with E-state index in [-0.39, 0.29) is 24.9 Å². The summed E-state index contributed by atoms with van der Waals surface area (Å²) >= 11 is 0. The summed E-state index contributed by atoms with van der Waals surface area (Å²) in [6.45, 7) is 18.0. The zero-order valence-electron chi connectivity index (χ0n) is 28.5. The summed E-state index contributed by atoms with van der Waals surface area (Å²) in [5.74, 6) is -0.661. The molecule has 12 nitrogen and oxygen atoms in total. The van der Waals surface area contributed by atoms with Crippen LogP contribution in [0.15, 0.2) is 24.3 Å². The number of ether oxygens (including phenoxy) is 3. The lowest BCUT2D eigenvalue weighted by molar-refractivity contribution is 0.0204. The van der Waals surface area contributed by atoms with Gasteiger partial charge in [-0.25, -0.2) is 14.4 Å². The molecule has 252 valence electrons. The highest BCUT2D eigenvalue weighted by Crippen LogP contribution is 2.23. The van der Waals surface area contributed by atoms with Gasteiger partial charge in [0, 0.05) is 39.3 Å². The van der Waals surface area contributed by atoms with Crippen LogP contribution in [0.5, 0.6) is 0 Å². The van der Waals surface area contributed by atoms with Crippen LogP contribution in [-0.2, 0) is 14.2 Å². The Kier molecular flexibility index (Phi) is 13.2. The molecule has 12 heteroatoms. The molecule has 0 bridgehead atoms. The van der Waals surface area contributed by atoms with Gasteiger partial charge in [-0.05, 0) is 100 Å². The highest BCUT2D eigenvalue weighted by atomic mass is 16.6. The Hall–Kier alpha value is -3.83. The van der Waals surface area contributed by atoms with Gasteiger partial charge < -0.3 is 29.3 Å². The van der Waals surface area contributed by atoms with Crippen molar-refractivity contribution in [3.63, 3.8) is 0 Å². The molecule has 0 saturated carbocycles. The molecule has 0 aromatic heterocycles. The summed E-state index contributed by atoms with van der Waals surface area (Å²) in [6, 6.07) is 6.73. The van der Waals surface area contributed by atoms with Crippen molar-refractivity contribution in [3.8, 4) is 0 Å². The van der Waals surface area contributed by atoms with E-state index in [1.54, 1.807) is 96.4 Å². The van der Waals surface area contributed by atoms with Crippen molar-refractivity contribution in [2.24, 2.45) is 0 Å². The van der Waals surface area contributed by atoms with Gasteiger partial charge in [0.2, 0.25) is 0 Å². The number of fused-ring (bicyclic) bond motifs is 1. The number of hydrogen-bond acceptors (Lipinski definition) is 8. The van der Waals surface area contributed by atoms with E-state index in [9.17, 15) is 24.0 Å². The summed E-state index contributed by atoms with van der Waals surface area (Å²) in [5, 5.41) is 2.70. The smallest absolute Gasteiger partial charge is 0.410 e. The first-order chi connectivity index (χ1) is 20.8. The van der Waals surface area contributed by atoms with Crippen LogP contribution in [0.3, 0.4) is 0 Å². The normalized spacial score (nSPS) is 13.3. The Morgan fingerprint density at radius 1 is 0.644 bits per heavy atom. The van der Waals surface area contributed by atoms with Gasteiger partial charge in [0.1, 0.15) is 16.8 Å². The molecule has 45 heavy (non-hydrogen) atoms. The maximum Gasteiger partial charge on any atom is 0.410 e. The second-order valence-electron chi connectivity index (χ2n) is 14.1. The first-order valence-corrected chi connectivity index (χ1v) is 15.7. The van der Waals surface area contributed by atoms with E-state index >= 15 is 0 Å². The number of amides is 5. The number of carbonyl (C=O) groups is 5. The van der Waals surface area contributed by atoms with E-state index in [1.807, 2.05) is 0 Å². The molecule has 0 saturated heterocycles. The van der Waals surface area contributed by atoms with Crippen LogP contribution in [0.1, 0.15) is 109 Å². The standard InChI is InChI=1S/C33H52N4O8/c1-31(2,3)43-28(40)34-18-14-21-35(29(41)44-32(4,5)6)19-12-13-20-36(30(42)45-33(7,8)9)22-15-23-37-26(38)24-16-10-11-17-25(24)27(37)39/h10-11,16-17H,12-15,18-23H2,1-9H3,(H,34,40). The van der Waals surface area contributed by atoms with E-state index in [0.29, 0.717) is 63.0 Å². The molecule has 1 aliphatic rings. The maximum absolute atomic E-state index is 13.0. The fourth-order valence-corrected chi connectivity index (χ4v) is 4.48. The van der Waals surface area contributed by atoms with Gasteiger partial charge in [-0.1, -0.05) is 12.1 Å². The third kappa shape index (κ3) is 13.4. The second kappa shape index (κ2) is 15.9. The van der Waals surface area contributed by atoms with Crippen molar-refractivity contribution in [1.29, 1.82) is 0 Å². The van der Waals surface area contributed by atoms with E-state index < -0.39 is 35.1 Å². The average molecular weight is 633 g/mol. The first kappa shape index (κ1) is 37.4. The van der Waals surface area contributed by atoms with Crippen LogP contribution < -0.4 is 5.32 Å². The molecule has 0 atom stereocenters. The SMILES string of the molecule is CC(C)(C)OC(=O)NCCCN(CCCCN(CCCN1C(=O)c2ccccc2C1=O)C(=O)OC(C)(C)C)C(=O)OC(C)(C)C. The number of hydrogen-bond donors (Lipinski definition) is 1. The second-order valence-corrected chi connectivity index (χ2v) is 14.1. The van der Waals surface area contributed by atoms with Crippen LogP contribution in [0, 0.1) is 0 Å². The number of nitrogens with zero attached hydrogens (tertiary/aromatic N) is 3. The summed E-state index contributed by atoms with van der Waals surface area (Å²) in [7, 11) is 0. The number of rotatable bonds is 13. The number of unbranched alkanes of at least 4 members (excludes halogenated alkanes) is 1. The van der Waals surface area contributed by atoms with Gasteiger partial charge in [-0.3, -0.25) is 14.5 Å². The van der Waals surface area contributed by atoms with Crippen LogP contribution in [0.25, 0.3) is 0 Å². The lowest BCUT2D eigenvalue weighted by Gasteiger charge is -2.29. The van der Waals surface area contributed by atoms with Crippen LogP contribution in [0.4, 0.5) is 14.4 Å². The third-order valence-electron chi connectivity index (χ3n) is 6.37. The lowest BCUT2D eigenvalue weighted by Crippen LogP contribution is -2.41. The van der Waals surface area contributed by atoms with Crippen LogP contribution >= 0.6 is 0 Å². The zero-order chi connectivity index (χ0) is 34.0. The number of nitrogens with one attached hydrogen (secondary N) is 1. The molecule has 0 unspecified atom stereocenters. The predicted molar refractivity (Wildman–Crippen MR) is 170 cm³/mol. The predicted octanol–water partition coefficient (Wildman–Crippen LogP) is 5.84. The Bertz CT molecular complexity index is 1160. The molecule has 0 spiro atoms. The molecule has 1 aliphatic heterocycles. The largest absolute Gasteiger partial charge is 0.444 e. The summed E-state index contributed by atoms with van der Waals surface area (Å²) in [4.78, 5) is 67.8. The molecular weight excluding hydrogens is 580 g/mol. The molecule has 1 aromatic carbocycles. The Balaban J connectivity index is 1.94. The summed E-state index contributed by atoms with van der Waals surface area (Å²) in [6.07, 6.45) is 0.584. The van der Waals surface area contributed by atoms with Crippen molar-refractivity contribution in [2.75, 3.05) is 39.3 Å².